The summed E-state index contributed by atoms with van der Waals surface area (Å²) in [6, 6.07) is 23.0. The van der Waals surface area contributed by atoms with Crippen LogP contribution in [0.25, 0.3) is 16.5 Å². The van der Waals surface area contributed by atoms with Crippen LogP contribution in [0.4, 0.5) is 0 Å². The number of rotatable bonds is 4. The highest BCUT2D eigenvalue weighted by molar-refractivity contribution is 9.10. The molecule has 0 radical (unpaired) electrons. The van der Waals surface area contributed by atoms with Gasteiger partial charge in [-0.25, -0.2) is 0 Å². The molecule has 0 aliphatic heterocycles. The van der Waals surface area contributed by atoms with Crippen LogP contribution in [0.1, 0.15) is 5.56 Å². The van der Waals surface area contributed by atoms with Gasteiger partial charge in [-0.15, -0.1) is 10.2 Å². The van der Waals surface area contributed by atoms with E-state index < -0.39 is 0 Å². The summed E-state index contributed by atoms with van der Waals surface area (Å²) >= 11 is 5.20. The lowest BCUT2D eigenvalue weighted by atomic mass is 10.1. The summed E-state index contributed by atoms with van der Waals surface area (Å²) in [4.78, 5) is 0. The van der Waals surface area contributed by atoms with E-state index in [0.29, 0.717) is 0 Å². The lowest BCUT2D eigenvalue weighted by Crippen LogP contribution is -1.96. The fourth-order valence-electron chi connectivity index (χ4n) is 2.68. The van der Waals surface area contributed by atoms with E-state index in [1.54, 1.807) is 18.1 Å². The second-order valence-electron chi connectivity index (χ2n) is 5.40. The molecule has 3 nitrogen and oxygen atoms in total. The van der Waals surface area contributed by atoms with Crippen LogP contribution in [0.2, 0.25) is 0 Å². The van der Waals surface area contributed by atoms with Gasteiger partial charge in [0.1, 0.15) is 6.33 Å². The second kappa shape index (κ2) is 6.79. The normalized spacial score (nSPS) is 11.0. The van der Waals surface area contributed by atoms with Crippen molar-refractivity contribution in [3.8, 4) is 5.69 Å². The minimum Gasteiger partial charge on any atom is -0.276 e. The van der Waals surface area contributed by atoms with Crippen molar-refractivity contribution in [1.82, 2.24) is 14.8 Å². The highest BCUT2D eigenvalue weighted by Crippen LogP contribution is 2.28. The maximum absolute atomic E-state index is 4.30. The number of halogens is 1. The van der Waals surface area contributed by atoms with E-state index in [2.05, 4.69) is 91.4 Å². The van der Waals surface area contributed by atoms with Crippen LogP contribution in [0.15, 0.2) is 82.7 Å². The quantitative estimate of drug-likeness (QED) is 0.428. The molecule has 0 fully saturated rings. The predicted molar refractivity (Wildman–Crippen MR) is 103 cm³/mol. The Hall–Kier alpha value is -2.11. The summed E-state index contributed by atoms with van der Waals surface area (Å²) in [5, 5.41) is 11.7. The van der Waals surface area contributed by atoms with Gasteiger partial charge in [0.05, 0.1) is 5.69 Å². The van der Waals surface area contributed by atoms with Crippen LogP contribution in [0.3, 0.4) is 0 Å². The first-order valence-corrected chi connectivity index (χ1v) is 9.34. The number of aromatic nitrogens is 3. The van der Waals surface area contributed by atoms with Gasteiger partial charge in [0.25, 0.3) is 0 Å². The van der Waals surface area contributed by atoms with Crippen molar-refractivity contribution in [2.75, 3.05) is 0 Å². The van der Waals surface area contributed by atoms with Crippen molar-refractivity contribution in [2.45, 2.75) is 10.9 Å². The average molecular weight is 396 g/mol. The molecule has 3 aromatic carbocycles. The van der Waals surface area contributed by atoms with Gasteiger partial charge in [-0.05, 0) is 29.1 Å². The molecule has 118 valence electrons. The summed E-state index contributed by atoms with van der Waals surface area (Å²) < 4.78 is 3.15. The molecule has 0 saturated carbocycles. The van der Waals surface area contributed by atoms with Crippen LogP contribution >= 0.6 is 27.7 Å². The highest BCUT2D eigenvalue weighted by atomic mass is 79.9. The third-order valence-electron chi connectivity index (χ3n) is 3.80. The van der Waals surface area contributed by atoms with Crippen molar-refractivity contribution in [1.29, 1.82) is 0 Å². The molecule has 0 amide bonds. The van der Waals surface area contributed by atoms with E-state index >= 15 is 0 Å². The first kappa shape index (κ1) is 15.4. The minimum atomic E-state index is 0.850. The van der Waals surface area contributed by atoms with Gasteiger partial charge in [0.15, 0.2) is 5.16 Å². The van der Waals surface area contributed by atoms with Crippen LogP contribution in [0.5, 0.6) is 0 Å². The van der Waals surface area contributed by atoms with E-state index in [1.165, 1.54) is 16.3 Å². The molecule has 0 atom stereocenters. The number of nitrogens with zero attached hydrogens (tertiary/aromatic N) is 3. The van der Waals surface area contributed by atoms with Crippen LogP contribution in [-0.4, -0.2) is 14.8 Å². The van der Waals surface area contributed by atoms with Gasteiger partial charge in [-0.1, -0.05) is 76.2 Å². The number of hydrogen-bond acceptors (Lipinski definition) is 3. The SMILES string of the molecule is Brc1cccc(CSc2nncn2-c2cccc3ccccc23)c1. The number of thioether (sulfide) groups is 1. The Morgan fingerprint density at radius 1 is 0.958 bits per heavy atom. The summed E-state index contributed by atoms with van der Waals surface area (Å²) in [7, 11) is 0. The van der Waals surface area contributed by atoms with Crippen molar-refractivity contribution in [3.63, 3.8) is 0 Å². The van der Waals surface area contributed by atoms with Crippen molar-refractivity contribution < 1.29 is 0 Å². The van der Waals surface area contributed by atoms with Crippen molar-refractivity contribution in [2.24, 2.45) is 0 Å². The Morgan fingerprint density at radius 3 is 2.71 bits per heavy atom. The largest absolute Gasteiger partial charge is 0.276 e. The molecule has 24 heavy (non-hydrogen) atoms. The number of fused-ring (bicyclic) bond motifs is 1. The molecular weight excluding hydrogens is 382 g/mol. The summed E-state index contributed by atoms with van der Waals surface area (Å²) in [6.45, 7) is 0. The van der Waals surface area contributed by atoms with Gasteiger partial charge < -0.3 is 0 Å². The molecule has 0 aliphatic carbocycles. The molecule has 1 aromatic heterocycles. The zero-order valence-electron chi connectivity index (χ0n) is 12.8. The molecule has 4 rings (SSSR count). The molecule has 4 aromatic rings. The van der Waals surface area contributed by atoms with E-state index in [4.69, 9.17) is 0 Å². The Morgan fingerprint density at radius 2 is 1.79 bits per heavy atom. The summed E-state index contributed by atoms with van der Waals surface area (Å²) in [5.74, 6) is 0.850. The van der Waals surface area contributed by atoms with Gasteiger partial charge in [-0.2, -0.15) is 0 Å². The summed E-state index contributed by atoms with van der Waals surface area (Å²) in [6.07, 6.45) is 1.78. The third-order valence-corrected chi connectivity index (χ3v) is 5.31. The molecule has 1 heterocycles. The molecular formula is C19H14BrN3S. The molecule has 0 aliphatic rings. The van der Waals surface area contributed by atoms with Crippen LogP contribution < -0.4 is 0 Å². The molecule has 0 bridgehead atoms. The average Bonchev–Trinajstić information content (AvgIpc) is 3.08. The van der Waals surface area contributed by atoms with Gasteiger partial charge in [0.2, 0.25) is 0 Å². The Balaban J connectivity index is 1.67. The minimum absolute atomic E-state index is 0.850. The van der Waals surface area contributed by atoms with E-state index in [1.807, 2.05) is 6.07 Å². The predicted octanol–water partition coefficient (Wildman–Crippen LogP) is 5.48. The van der Waals surface area contributed by atoms with Crippen LogP contribution in [-0.2, 0) is 5.75 Å². The fourth-order valence-corrected chi connectivity index (χ4v) is 3.99. The monoisotopic (exact) mass is 395 g/mol. The third kappa shape index (κ3) is 3.09. The molecule has 5 heteroatoms. The highest BCUT2D eigenvalue weighted by Gasteiger charge is 2.10. The lowest BCUT2D eigenvalue weighted by Gasteiger charge is -2.09. The lowest BCUT2D eigenvalue weighted by molar-refractivity contribution is 0.889. The first-order chi connectivity index (χ1) is 11.8. The van der Waals surface area contributed by atoms with Gasteiger partial charge in [-0.3, -0.25) is 4.57 Å². The maximum atomic E-state index is 4.30. The zero-order chi connectivity index (χ0) is 16.4. The number of hydrogen-bond donors (Lipinski definition) is 0. The molecule has 0 saturated heterocycles. The van der Waals surface area contributed by atoms with Crippen LogP contribution in [0, 0.1) is 0 Å². The molecule has 0 spiro atoms. The number of benzene rings is 3. The maximum Gasteiger partial charge on any atom is 0.195 e. The molecule has 0 unspecified atom stereocenters. The first-order valence-electron chi connectivity index (χ1n) is 7.57. The standard InChI is InChI=1S/C19H14BrN3S/c20-16-8-3-5-14(11-16)12-24-19-22-21-13-23(19)18-10-4-7-15-6-1-2-9-17(15)18/h1-11,13H,12H2. The van der Waals surface area contributed by atoms with Gasteiger partial charge in [0, 0.05) is 15.6 Å². The Bertz CT molecular complexity index is 991. The van der Waals surface area contributed by atoms with Crippen molar-refractivity contribution >= 4 is 38.5 Å². The topological polar surface area (TPSA) is 30.7 Å². The van der Waals surface area contributed by atoms with Crippen molar-refractivity contribution in [3.05, 3.63) is 83.1 Å². The van der Waals surface area contributed by atoms with E-state index in [-0.39, 0.29) is 0 Å². The zero-order valence-corrected chi connectivity index (χ0v) is 15.2. The Kier molecular flexibility index (Phi) is 4.36. The molecule has 0 N–H and O–H groups in total. The fraction of sp³-hybridized carbons (Fsp3) is 0.0526. The second-order valence-corrected chi connectivity index (χ2v) is 7.26. The van der Waals surface area contributed by atoms with E-state index in [0.717, 1.165) is 21.1 Å². The summed E-state index contributed by atoms with van der Waals surface area (Å²) in [5.41, 5.74) is 2.36. The smallest absolute Gasteiger partial charge is 0.195 e. The Labute approximate surface area is 152 Å². The van der Waals surface area contributed by atoms with Gasteiger partial charge >= 0.3 is 0 Å². The van der Waals surface area contributed by atoms with E-state index in [9.17, 15) is 0 Å².